The van der Waals surface area contributed by atoms with Crippen LogP contribution >= 0.6 is 0 Å². The number of sulfonamides is 1. The second-order valence-corrected chi connectivity index (χ2v) is 9.20. The van der Waals surface area contributed by atoms with Crippen LogP contribution in [0.2, 0.25) is 0 Å². The number of rotatable bonds is 8. The molecule has 2 N–H and O–H groups in total. The number of carbonyl (C=O) groups excluding carboxylic acids is 1. The zero-order chi connectivity index (χ0) is 21.7. The van der Waals surface area contributed by atoms with Crippen molar-refractivity contribution >= 4 is 15.9 Å². The molecule has 0 spiro atoms. The fourth-order valence-corrected chi connectivity index (χ4v) is 4.50. The van der Waals surface area contributed by atoms with Crippen molar-refractivity contribution in [2.24, 2.45) is 0 Å². The van der Waals surface area contributed by atoms with Gasteiger partial charge in [0.05, 0.1) is 11.4 Å². The minimum atomic E-state index is -3.36. The maximum atomic E-state index is 12.5. The molecule has 0 saturated carbocycles. The number of carbonyl (C=O) groups is 1. The van der Waals surface area contributed by atoms with Gasteiger partial charge in [0.2, 0.25) is 10.0 Å². The molecular formula is C22H26N4O3S. The molecule has 2 aromatic carbocycles. The van der Waals surface area contributed by atoms with Gasteiger partial charge in [-0.25, -0.2) is 17.8 Å². The molecule has 0 fully saturated rings. The van der Waals surface area contributed by atoms with Crippen molar-refractivity contribution in [3.05, 3.63) is 83.2 Å². The van der Waals surface area contributed by atoms with Crippen molar-refractivity contribution < 1.29 is 13.2 Å². The summed E-state index contributed by atoms with van der Waals surface area (Å²) in [7, 11) is -3.36. The lowest BCUT2D eigenvalue weighted by atomic mass is 10.1. The van der Waals surface area contributed by atoms with E-state index in [1.165, 1.54) is 0 Å². The summed E-state index contributed by atoms with van der Waals surface area (Å²) in [6, 6.07) is 18.4. The van der Waals surface area contributed by atoms with E-state index in [1.54, 1.807) is 36.7 Å². The number of aryl methyl sites for hydroxylation is 1. The van der Waals surface area contributed by atoms with E-state index in [9.17, 15) is 13.2 Å². The molecule has 3 aromatic rings. The highest BCUT2D eigenvalue weighted by molar-refractivity contribution is 7.88. The topological polar surface area (TPSA) is 93.1 Å². The molecular weight excluding hydrogens is 400 g/mol. The lowest BCUT2D eigenvalue weighted by Crippen LogP contribution is -2.31. The van der Waals surface area contributed by atoms with Gasteiger partial charge < -0.3 is 5.32 Å². The third-order valence-corrected chi connectivity index (χ3v) is 5.91. The Morgan fingerprint density at radius 1 is 1.03 bits per heavy atom. The second kappa shape index (κ2) is 9.23. The molecule has 8 heteroatoms. The Hall–Kier alpha value is -2.97. The van der Waals surface area contributed by atoms with Crippen molar-refractivity contribution in [2.45, 2.75) is 39.1 Å². The van der Waals surface area contributed by atoms with Gasteiger partial charge in [0.25, 0.3) is 5.91 Å². The zero-order valence-electron chi connectivity index (χ0n) is 17.3. The van der Waals surface area contributed by atoms with Crippen LogP contribution in [0.15, 0.2) is 60.7 Å². The molecule has 3 rings (SSSR count). The minimum absolute atomic E-state index is 0.0754. The van der Waals surface area contributed by atoms with Crippen molar-refractivity contribution in [1.29, 1.82) is 0 Å². The van der Waals surface area contributed by atoms with E-state index in [2.05, 4.69) is 15.1 Å². The summed E-state index contributed by atoms with van der Waals surface area (Å²) in [5.74, 6) is -0.339. The first-order valence-corrected chi connectivity index (χ1v) is 11.4. The van der Waals surface area contributed by atoms with Gasteiger partial charge in [-0.2, -0.15) is 5.10 Å². The highest BCUT2D eigenvalue weighted by Gasteiger charge is 2.14. The number of benzene rings is 2. The largest absolute Gasteiger partial charge is 0.347 e. The molecule has 0 aliphatic heterocycles. The monoisotopic (exact) mass is 426 g/mol. The molecule has 0 saturated heterocycles. The summed E-state index contributed by atoms with van der Waals surface area (Å²) in [5.41, 5.74) is 3.67. The number of para-hydroxylation sites is 1. The number of hydrogen-bond donors (Lipinski definition) is 2. The van der Waals surface area contributed by atoms with Gasteiger partial charge in [0.1, 0.15) is 0 Å². The summed E-state index contributed by atoms with van der Waals surface area (Å²) in [6.07, 6.45) is 0. The predicted molar refractivity (Wildman–Crippen MR) is 117 cm³/mol. The van der Waals surface area contributed by atoms with Gasteiger partial charge in [-0.15, -0.1) is 0 Å². The average Bonchev–Trinajstić information content (AvgIpc) is 3.08. The van der Waals surface area contributed by atoms with E-state index >= 15 is 0 Å². The first kappa shape index (κ1) is 21.7. The predicted octanol–water partition coefficient (Wildman–Crippen LogP) is 2.94. The maximum absolute atomic E-state index is 12.5. The Bertz CT molecular complexity index is 1110. The van der Waals surface area contributed by atoms with Crippen LogP contribution in [0.4, 0.5) is 0 Å². The maximum Gasteiger partial charge on any atom is 0.272 e. The standard InChI is InChI=1S/C22H26N4O3S/c1-16(2)25-30(28,29)15-19-11-9-18(10-12-19)14-23-22(27)21-13-17(3)26(24-21)20-7-5-4-6-8-20/h4-13,16,25H,14-15H2,1-3H3,(H,23,27). The first-order valence-electron chi connectivity index (χ1n) is 9.71. The number of aromatic nitrogens is 2. The molecule has 0 aliphatic carbocycles. The summed E-state index contributed by atoms with van der Waals surface area (Å²) >= 11 is 0. The summed E-state index contributed by atoms with van der Waals surface area (Å²) in [6.45, 7) is 5.80. The molecule has 1 aromatic heterocycles. The highest BCUT2D eigenvalue weighted by Crippen LogP contribution is 2.12. The van der Waals surface area contributed by atoms with E-state index in [0.29, 0.717) is 17.8 Å². The van der Waals surface area contributed by atoms with Crippen LogP contribution in [0.1, 0.15) is 41.2 Å². The molecule has 1 heterocycles. The van der Waals surface area contributed by atoms with Crippen LogP contribution in [-0.2, 0) is 22.3 Å². The molecule has 158 valence electrons. The number of nitrogens with one attached hydrogen (secondary N) is 2. The van der Waals surface area contributed by atoms with Crippen molar-refractivity contribution in [3.63, 3.8) is 0 Å². The lowest BCUT2D eigenvalue weighted by Gasteiger charge is -2.10. The number of nitrogens with zero attached hydrogens (tertiary/aromatic N) is 2. The van der Waals surface area contributed by atoms with Crippen LogP contribution in [0.5, 0.6) is 0 Å². The fraction of sp³-hybridized carbons (Fsp3) is 0.273. The molecule has 0 bridgehead atoms. The smallest absolute Gasteiger partial charge is 0.272 e. The third-order valence-electron chi connectivity index (χ3n) is 4.37. The number of hydrogen-bond acceptors (Lipinski definition) is 4. The Labute approximate surface area is 177 Å². The summed E-state index contributed by atoms with van der Waals surface area (Å²) in [4.78, 5) is 12.5. The molecule has 1 amide bonds. The Kier molecular flexibility index (Phi) is 6.69. The normalized spacial score (nSPS) is 11.6. The van der Waals surface area contributed by atoms with Gasteiger partial charge in [-0.05, 0) is 50.1 Å². The van der Waals surface area contributed by atoms with Gasteiger partial charge in [0, 0.05) is 18.3 Å². The van der Waals surface area contributed by atoms with E-state index in [1.807, 2.05) is 49.4 Å². The molecule has 0 aliphatic rings. The zero-order valence-corrected chi connectivity index (χ0v) is 18.1. The molecule has 7 nitrogen and oxygen atoms in total. The van der Waals surface area contributed by atoms with Gasteiger partial charge in [-0.3, -0.25) is 4.79 Å². The van der Waals surface area contributed by atoms with E-state index in [-0.39, 0.29) is 17.7 Å². The SMILES string of the molecule is Cc1cc(C(=O)NCc2ccc(CS(=O)(=O)NC(C)C)cc2)nn1-c1ccccc1. The average molecular weight is 427 g/mol. The van der Waals surface area contributed by atoms with Crippen LogP contribution in [0.25, 0.3) is 5.69 Å². The van der Waals surface area contributed by atoms with Crippen LogP contribution < -0.4 is 10.0 Å². The number of amides is 1. The molecule has 0 unspecified atom stereocenters. The summed E-state index contributed by atoms with van der Waals surface area (Å²) in [5, 5.41) is 7.26. The fourth-order valence-electron chi connectivity index (χ4n) is 3.06. The van der Waals surface area contributed by atoms with Crippen molar-refractivity contribution in [2.75, 3.05) is 0 Å². The Morgan fingerprint density at radius 2 is 1.67 bits per heavy atom. The minimum Gasteiger partial charge on any atom is -0.347 e. The molecule has 0 atom stereocenters. The van der Waals surface area contributed by atoms with Crippen molar-refractivity contribution in [3.8, 4) is 5.69 Å². The quantitative estimate of drug-likeness (QED) is 0.579. The van der Waals surface area contributed by atoms with Crippen LogP contribution in [-0.4, -0.2) is 30.1 Å². The van der Waals surface area contributed by atoms with Crippen molar-refractivity contribution in [1.82, 2.24) is 19.8 Å². The lowest BCUT2D eigenvalue weighted by molar-refractivity contribution is 0.0945. The second-order valence-electron chi connectivity index (χ2n) is 7.45. The van der Waals surface area contributed by atoms with Crippen LogP contribution in [0.3, 0.4) is 0 Å². The van der Waals surface area contributed by atoms with Gasteiger partial charge in [-0.1, -0.05) is 42.5 Å². The van der Waals surface area contributed by atoms with Gasteiger partial charge in [0.15, 0.2) is 5.69 Å². The van der Waals surface area contributed by atoms with E-state index in [4.69, 9.17) is 0 Å². The Balaban J connectivity index is 1.60. The summed E-state index contributed by atoms with van der Waals surface area (Å²) < 4.78 is 28.3. The van der Waals surface area contributed by atoms with E-state index in [0.717, 1.165) is 16.9 Å². The highest BCUT2D eigenvalue weighted by atomic mass is 32.2. The van der Waals surface area contributed by atoms with Gasteiger partial charge >= 0.3 is 0 Å². The van der Waals surface area contributed by atoms with Crippen LogP contribution in [0, 0.1) is 6.92 Å². The van der Waals surface area contributed by atoms with E-state index < -0.39 is 10.0 Å². The Morgan fingerprint density at radius 3 is 2.30 bits per heavy atom. The third kappa shape index (κ3) is 5.77. The molecule has 0 radical (unpaired) electrons. The molecule has 30 heavy (non-hydrogen) atoms. The first-order chi connectivity index (χ1) is 14.2.